The van der Waals surface area contributed by atoms with E-state index >= 15 is 0 Å². The van der Waals surface area contributed by atoms with E-state index in [0.717, 1.165) is 44.1 Å². The molecule has 0 unspecified atom stereocenters. The molecule has 2 aromatic rings. The molecule has 27 heavy (non-hydrogen) atoms. The molecule has 1 fully saturated rings. The third-order valence-corrected chi connectivity index (χ3v) is 5.12. The zero-order valence-electron chi connectivity index (χ0n) is 15.9. The fraction of sp³-hybridized carbons (Fsp3) is 0.318. The second-order valence-corrected chi connectivity index (χ2v) is 7.05. The van der Waals surface area contributed by atoms with Gasteiger partial charge in [0.25, 0.3) is 0 Å². The molecule has 0 aliphatic carbocycles. The van der Waals surface area contributed by atoms with Crippen LogP contribution in [0.2, 0.25) is 0 Å². The number of fused-ring (bicyclic) bond motifs is 1. The molecule has 2 aromatic carbocycles. The maximum atomic E-state index is 5.14. The highest BCUT2D eigenvalue weighted by molar-refractivity contribution is 6.23. The summed E-state index contributed by atoms with van der Waals surface area (Å²) in [4.78, 5) is 9.98. The van der Waals surface area contributed by atoms with Crippen LogP contribution in [0.15, 0.2) is 59.6 Å². The Bertz CT molecular complexity index is 823. The van der Waals surface area contributed by atoms with E-state index in [9.17, 15) is 0 Å². The Balaban J connectivity index is 0.00000131. The highest BCUT2D eigenvalue weighted by atomic mass is 35.5. The average Bonchev–Trinajstić information content (AvgIpc) is 2.82. The van der Waals surface area contributed by atoms with Crippen LogP contribution in [0.5, 0.6) is 0 Å². The summed E-state index contributed by atoms with van der Waals surface area (Å²) in [5.41, 5.74) is 6.25. The predicted molar refractivity (Wildman–Crippen MR) is 120 cm³/mol. The second-order valence-electron chi connectivity index (χ2n) is 7.05. The van der Waals surface area contributed by atoms with Crippen molar-refractivity contribution in [3.8, 4) is 0 Å². The molecule has 0 aromatic heterocycles. The molecule has 0 amide bonds. The Hall–Kier alpha value is -1.81. The van der Waals surface area contributed by atoms with Crippen LogP contribution in [0.25, 0.3) is 5.57 Å². The van der Waals surface area contributed by atoms with Gasteiger partial charge in [0.15, 0.2) is 0 Å². The van der Waals surface area contributed by atoms with E-state index in [2.05, 4.69) is 78.4 Å². The molecule has 5 heteroatoms. The van der Waals surface area contributed by atoms with E-state index < -0.39 is 0 Å². The van der Waals surface area contributed by atoms with Gasteiger partial charge in [0.1, 0.15) is 5.84 Å². The van der Waals surface area contributed by atoms with Gasteiger partial charge in [-0.25, -0.2) is 4.99 Å². The number of hydrogen-bond donors (Lipinski definition) is 0. The van der Waals surface area contributed by atoms with Crippen molar-refractivity contribution in [2.45, 2.75) is 13.3 Å². The van der Waals surface area contributed by atoms with Crippen LogP contribution in [-0.4, -0.2) is 48.9 Å². The number of benzene rings is 2. The number of aliphatic imine (C=N–C) groups is 1. The molecule has 0 N–H and O–H groups in total. The normalized spacial score (nSPS) is 16.9. The van der Waals surface area contributed by atoms with Gasteiger partial charge in [-0.2, -0.15) is 0 Å². The fourth-order valence-electron chi connectivity index (χ4n) is 3.59. The van der Waals surface area contributed by atoms with Gasteiger partial charge in [-0.15, -0.1) is 24.8 Å². The first-order valence-electron chi connectivity index (χ1n) is 9.08. The van der Waals surface area contributed by atoms with Gasteiger partial charge in [-0.1, -0.05) is 54.1 Å². The number of rotatable bonds is 1. The molecule has 2 heterocycles. The van der Waals surface area contributed by atoms with Crippen molar-refractivity contribution in [2.75, 3.05) is 33.2 Å². The van der Waals surface area contributed by atoms with Gasteiger partial charge in [-0.3, -0.25) is 0 Å². The standard InChI is InChI=1S/C22H25N3.2ClH/c1-17-8-11-21-19(16-17)9-10-20(18-6-4-3-5-7-18)22(23-21)25-14-12-24(2)13-15-25;;/h3-8,10-11,16H,9,12-15H2,1-2H3;2*1H. The minimum atomic E-state index is 0. The predicted octanol–water partition coefficient (Wildman–Crippen LogP) is 4.76. The molecule has 0 atom stereocenters. The molecule has 144 valence electrons. The van der Waals surface area contributed by atoms with Gasteiger partial charge in [-0.05, 0) is 37.6 Å². The summed E-state index contributed by atoms with van der Waals surface area (Å²) in [7, 11) is 2.19. The molecule has 1 saturated heterocycles. The first-order chi connectivity index (χ1) is 12.2. The van der Waals surface area contributed by atoms with Crippen molar-refractivity contribution < 1.29 is 0 Å². The van der Waals surface area contributed by atoms with E-state index in [1.807, 2.05) is 0 Å². The molecule has 3 nitrogen and oxygen atoms in total. The zero-order valence-corrected chi connectivity index (χ0v) is 17.5. The summed E-state index contributed by atoms with van der Waals surface area (Å²) in [6, 6.07) is 17.3. The molecular formula is C22H27Cl2N3. The summed E-state index contributed by atoms with van der Waals surface area (Å²) in [6.07, 6.45) is 3.29. The Kier molecular flexibility index (Phi) is 7.49. The van der Waals surface area contributed by atoms with Gasteiger partial charge in [0.2, 0.25) is 0 Å². The van der Waals surface area contributed by atoms with Crippen LogP contribution in [0, 0.1) is 6.92 Å². The van der Waals surface area contributed by atoms with Crippen molar-refractivity contribution in [3.05, 3.63) is 71.3 Å². The van der Waals surface area contributed by atoms with E-state index in [1.54, 1.807) is 0 Å². The number of allylic oxidation sites excluding steroid dienone is 1. The third kappa shape index (κ3) is 4.73. The highest BCUT2D eigenvalue weighted by Gasteiger charge is 2.23. The van der Waals surface area contributed by atoms with Crippen molar-refractivity contribution >= 4 is 41.9 Å². The molecule has 0 spiro atoms. The Morgan fingerprint density at radius 1 is 0.889 bits per heavy atom. The summed E-state index contributed by atoms with van der Waals surface area (Å²) < 4.78 is 0. The molecule has 4 rings (SSSR count). The number of hydrogen-bond acceptors (Lipinski definition) is 3. The molecule has 2 aliphatic heterocycles. The van der Waals surface area contributed by atoms with Crippen LogP contribution in [0.4, 0.5) is 5.69 Å². The number of amidine groups is 1. The maximum Gasteiger partial charge on any atom is 0.136 e. The summed E-state index contributed by atoms with van der Waals surface area (Å²) >= 11 is 0. The fourth-order valence-corrected chi connectivity index (χ4v) is 3.59. The molecule has 2 aliphatic rings. The van der Waals surface area contributed by atoms with Crippen LogP contribution < -0.4 is 0 Å². The van der Waals surface area contributed by atoms with Gasteiger partial charge in [0, 0.05) is 31.8 Å². The quantitative estimate of drug-likeness (QED) is 0.683. The van der Waals surface area contributed by atoms with Crippen LogP contribution in [0.3, 0.4) is 0 Å². The van der Waals surface area contributed by atoms with Gasteiger partial charge in [0.05, 0.1) is 5.69 Å². The summed E-state index contributed by atoms with van der Waals surface area (Å²) in [5, 5.41) is 0. The lowest BCUT2D eigenvalue weighted by atomic mass is 10.0. The zero-order chi connectivity index (χ0) is 17.2. The molecule has 0 saturated carbocycles. The first-order valence-corrected chi connectivity index (χ1v) is 9.08. The monoisotopic (exact) mass is 403 g/mol. The minimum Gasteiger partial charge on any atom is -0.354 e. The Morgan fingerprint density at radius 2 is 1.59 bits per heavy atom. The Morgan fingerprint density at radius 3 is 2.30 bits per heavy atom. The summed E-state index contributed by atoms with van der Waals surface area (Å²) in [6.45, 7) is 6.38. The maximum absolute atomic E-state index is 5.14. The van der Waals surface area contributed by atoms with Crippen LogP contribution >= 0.6 is 24.8 Å². The van der Waals surface area contributed by atoms with Gasteiger partial charge >= 0.3 is 0 Å². The highest BCUT2D eigenvalue weighted by Crippen LogP contribution is 2.30. The number of likely N-dealkylation sites (N-methyl/N-ethyl adjacent to an activating group) is 1. The van der Waals surface area contributed by atoms with E-state index in [1.165, 1.54) is 22.3 Å². The molecule has 0 bridgehead atoms. The molecular weight excluding hydrogens is 377 g/mol. The number of halogens is 2. The van der Waals surface area contributed by atoms with E-state index in [4.69, 9.17) is 4.99 Å². The summed E-state index contributed by atoms with van der Waals surface area (Å²) in [5.74, 6) is 1.13. The van der Waals surface area contributed by atoms with Crippen molar-refractivity contribution in [3.63, 3.8) is 0 Å². The SMILES string of the molecule is Cc1ccc2c(c1)CC=C(c1ccccc1)C(N1CCN(C)CC1)=N2.Cl.Cl. The average molecular weight is 404 g/mol. The van der Waals surface area contributed by atoms with Gasteiger partial charge < -0.3 is 9.80 Å². The number of nitrogens with zero attached hydrogens (tertiary/aromatic N) is 3. The largest absolute Gasteiger partial charge is 0.354 e. The second kappa shape index (κ2) is 9.41. The van der Waals surface area contributed by atoms with Crippen molar-refractivity contribution in [1.29, 1.82) is 0 Å². The van der Waals surface area contributed by atoms with Crippen molar-refractivity contribution in [2.24, 2.45) is 4.99 Å². The first kappa shape index (κ1) is 21.5. The molecule has 0 radical (unpaired) electrons. The topological polar surface area (TPSA) is 18.8 Å². The lowest BCUT2D eigenvalue weighted by Crippen LogP contribution is -2.47. The van der Waals surface area contributed by atoms with Crippen molar-refractivity contribution in [1.82, 2.24) is 9.80 Å². The number of aryl methyl sites for hydroxylation is 1. The van der Waals surface area contributed by atoms with Crippen LogP contribution in [-0.2, 0) is 6.42 Å². The lowest BCUT2D eigenvalue weighted by Gasteiger charge is -2.35. The smallest absolute Gasteiger partial charge is 0.136 e. The van der Waals surface area contributed by atoms with E-state index in [0.29, 0.717) is 0 Å². The lowest BCUT2D eigenvalue weighted by molar-refractivity contribution is 0.216. The number of piperazine rings is 1. The third-order valence-electron chi connectivity index (χ3n) is 5.12. The van der Waals surface area contributed by atoms with Crippen LogP contribution in [0.1, 0.15) is 16.7 Å². The Labute approximate surface area is 174 Å². The van der Waals surface area contributed by atoms with E-state index in [-0.39, 0.29) is 24.8 Å². The minimum absolute atomic E-state index is 0.